The molecule has 114 valence electrons. The second-order valence-electron chi connectivity index (χ2n) is 4.59. The third-order valence-electron chi connectivity index (χ3n) is 2.87. The van der Waals surface area contributed by atoms with E-state index in [1.807, 2.05) is 13.1 Å². The van der Waals surface area contributed by atoms with Gasteiger partial charge in [0.2, 0.25) is 10.0 Å². The first-order valence-electron chi connectivity index (χ1n) is 6.34. The van der Waals surface area contributed by atoms with Gasteiger partial charge in [0.1, 0.15) is 10.6 Å². The summed E-state index contributed by atoms with van der Waals surface area (Å²) < 4.78 is 33.8. The third-order valence-corrected chi connectivity index (χ3v) is 4.35. The fourth-order valence-corrected chi connectivity index (χ4v) is 3.09. The molecule has 0 aliphatic rings. The number of anilines is 1. The maximum atomic E-state index is 12.3. The summed E-state index contributed by atoms with van der Waals surface area (Å²) in [6.45, 7) is 2.59. The molecule has 0 atom stereocenters. The van der Waals surface area contributed by atoms with Crippen LogP contribution in [0.3, 0.4) is 0 Å². The molecule has 1 aromatic carbocycles. The van der Waals surface area contributed by atoms with Gasteiger partial charge in [-0.25, -0.2) is 13.1 Å². The number of ether oxygens (including phenoxy) is 1. The van der Waals surface area contributed by atoms with Gasteiger partial charge in [0.15, 0.2) is 0 Å². The maximum Gasteiger partial charge on any atom is 0.244 e. The lowest BCUT2D eigenvalue weighted by Crippen LogP contribution is -2.28. The van der Waals surface area contributed by atoms with Crippen molar-refractivity contribution in [1.29, 1.82) is 0 Å². The number of hydrogen-bond acceptors (Lipinski definition) is 5. The Morgan fingerprint density at radius 3 is 2.81 bits per heavy atom. The molecule has 8 heteroatoms. The van der Waals surface area contributed by atoms with E-state index in [-0.39, 0.29) is 17.2 Å². The van der Waals surface area contributed by atoms with E-state index in [4.69, 9.17) is 10.5 Å². The van der Waals surface area contributed by atoms with Gasteiger partial charge in [-0.1, -0.05) is 0 Å². The largest absolute Gasteiger partial charge is 0.495 e. The number of aromatic nitrogens is 2. The first-order valence-corrected chi connectivity index (χ1v) is 7.83. The van der Waals surface area contributed by atoms with Gasteiger partial charge in [0.25, 0.3) is 0 Å². The van der Waals surface area contributed by atoms with E-state index in [1.165, 1.54) is 19.2 Å². The molecule has 3 N–H and O–H groups in total. The number of nitrogens with zero attached hydrogens (tertiary/aromatic N) is 2. The lowest BCUT2D eigenvalue weighted by atomic mass is 10.3. The molecule has 0 amide bonds. The van der Waals surface area contributed by atoms with Crippen LogP contribution in [0.25, 0.3) is 0 Å². The van der Waals surface area contributed by atoms with Crippen molar-refractivity contribution in [2.75, 3.05) is 19.4 Å². The lowest BCUT2D eigenvalue weighted by Gasteiger charge is -2.11. The van der Waals surface area contributed by atoms with E-state index in [0.717, 1.165) is 5.56 Å². The van der Waals surface area contributed by atoms with Crippen molar-refractivity contribution in [1.82, 2.24) is 14.5 Å². The van der Waals surface area contributed by atoms with E-state index < -0.39 is 10.0 Å². The van der Waals surface area contributed by atoms with Crippen molar-refractivity contribution in [3.63, 3.8) is 0 Å². The fourth-order valence-electron chi connectivity index (χ4n) is 1.86. The number of rotatable bonds is 6. The van der Waals surface area contributed by atoms with Gasteiger partial charge in [-0.3, -0.25) is 4.68 Å². The minimum atomic E-state index is -3.68. The van der Waals surface area contributed by atoms with E-state index in [0.29, 0.717) is 12.2 Å². The highest BCUT2D eigenvalue weighted by molar-refractivity contribution is 7.89. The van der Waals surface area contributed by atoms with Crippen LogP contribution in [0.15, 0.2) is 35.5 Å². The van der Waals surface area contributed by atoms with E-state index in [2.05, 4.69) is 9.82 Å². The van der Waals surface area contributed by atoms with Crippen LogP contribution < -0.4 is 15.2 Å². The second-order valence-corrected chi connectivity index (χ2v) is 6.32. The summed E-state index contributed by atoms with van der Waals surface area (Å²) in [4.78, 5) is 0.0293. The zero-order valence-electron chi connectivity index (χ0n) is 11.9. The second kappa shape index (κ2) is 6.15. The molecule has 0 aliphatic heterocycles. The molecule has 0 spiro atoms. The predicted molar refractivity (Wildman–Crippen MR) is 79.6 cm³/mol. The van der Waals surface area contributed by atoms with Gasteiger partial charge in [-0.15, -0.1) is 0 Å². The SMILES string of the molecule is COc1ccc(N)cc1S(=O)(=O)NCCn1cc(C)cn1. The lowest BCUT2D eigenvalue weighted by molar-refractivity contribution is 0.402. The van der Waals surface area contributed by atoms with Crippen LogP contribution >= 0.6 is 0 Å². The minimum Gasteiger partial charge on any atom is -0.495 e. The number of methoxy groups -OCH3 is 1. The van der Waals surface area contributed by atoms with Gasteiger partial charge in [0, 0.05) is 18.4 Å². The fraction of sp³-hybridized carbons (Fsp3) is 0.308. The predicted octanol–water partition coefficient (Wildman–Crippen LogP) is 0.761. The maximum absolute atomic E-state index is 12.3. The van der Waals surface area contributed by atoms with Crippen molar-refractivity contribution in [2.45, 2.75) is 18.4 Å². The minimum absolute atomic E-state index is 0.0293. The number of hydrogen-bond donors (Lipinski definition) is 2. The smallest absolute Gasteiger partial charge is 0.244 e. The summed E-state index contributed by atoms with van der Waals surface area (Å²) in [5.41, 5.74) is 7.02. The summed E-state index contributed by atoms with van der Waals surface area (Å²) in [6.07, 6.45) is 3.56. The van der Waals surface area contributed by atoms with Crippen molar-refractivity contribution in [3.8, 4) is 5.75 Å². The molecule has 0 radical (unpaired) electrons. The topological polar surface area (TPSA) is 99.2 Å². The molecule has 2 rings (SSSR count). The quantitative estimate of drug-likeness (QED) is 0.767. The molecule has 0 bridgehead atoms. The number of sulfonamides is 1. The molecule has 2 aromatic rings. The molecule has 1 aromatic heterocycles. The van der Waals surface area contributed by atoms with Gasteiger partial charge in [-0.2, -0.15) is 5.10 Å². The van der Waals surface area contributed by atoms with E-state index in [9.17, 15) is 8.42 Å². The molecule has 0 aliphatic carbocycles. The monoisotopic (exact) mass is 310 g/mol. The highest BCUT2D eigenvalue weighted by atomic mass is 32.2. The first-order chi connectivity index (χ1) is 9.92. The van der Waals surface area contributed by atoms with Gasteiger partial charge < -0.3 is 10.5 Å². The Kier molecular flexibility index (Phi) is 4.49. The van der Waals surface area contributed by atoms with Gasteiger partial charge in [-0.05, 0) is 30.7 Å². The standard InChI is InChI=1S/C13H18N4O3S/c1-10-8-15-17(9-10)6-5-16-21(18,19)13-7-11(14)3-4-12(13)20-2/h3-4,7-9,16H,5-6,14H2,1-2H3. The molecule has 21 heavy (non-hydrogen) atoms. The zero-order chi connectivity index (χ0) is 15.5. The Balaban J connectivity index is 2.09. The zero-order valence-corrected chi connectivity index (χ0v) is 12.7. The van der Waals surface area contributed by atoms with Crippen LogP contribution in [0, 0.1) is 6.92 Å². The normalized spacial score (nSPS) is 11.5. The highest BCUT2D eigenvalue weighted by Gasteiger charge is 2.19. The van der Waals surface area contributed by atoms with Crippen LogP contribution in [0.1, 0.15) is 5.56 Å². The Bertz CT molecular complexity index is 725. The summed E-state index contributed by atoms with van der Waals surface area (Å²) in [6, 6.07) is 4.49. The average Bonchev–Trinajstić information content (AvgIpc) is 2.84. The summed E-state index contributed by atoms with van der Waals surface area (Å²) in [7, 11) is -2.27. The van der Waals surface area contributed by atoms with E-state index >= 15 is 0 Å². The molecular weight excluding hydrogens is 292 g/mol. The van der Waals surface area contributed by atoms with Gasteiger partial charge >= 0.3 is 0 Å². The molecular formula is C13H18N4O3S. The Morgan fingerprint density at radius 1 is 1.43 bits per heavy atom. The van der Waals surface area contributed by atoms with Crippen LogP contribution in [0.2, 0.25) is 0 Å². The molecule has 0 saturated carbocycles. The number of nitrogens with two attached hydrogens (primary N) is 1. The number of nitrogens with one attached hydrogen (secondary N) is 1. The average molecular weight is 310 g/mol. The van der Waals surface area contributed by atoms with Crippen molar-refractivity contribution < 1.29 is 13.2 Å². The summed E-state index contributed by atoms with van der Waals surface area (Å²) >= 11 is 0. The molecule has 0 saturated heterocycles. The van der Waals surface area contributed by atoms with Gasteiger partial charge in [0.05, 0.1) is 19.9 Å². The Morgan fingerprint density at radius 2 is 2.19 bits per heavy atom. The summed E-state index contributed by atoms with van der Waals surface area (Å²) in [5.74, 6) is 0.256. The van der Waals surface area contributed by atoms with Crippen LogP contribution in [-0.4, -0.2) is 31.9 Å². The van der Waals surface area contributed by atoms with Crippen LogP contribution in [0.5, 0.6) is 5.75 Å². The van der Waals surface area contributed by atoms with Crippen molar-refractivity contribution >= 4 is 15.7 Å². The summed E-state index contributed by atoms with van der Waals surface area (Å²) in [5, 5.41) is 4.09. The Hall–Kier alpha value is -2.06. The number of nitrogen functional groups attached to an aromatic ring is 1. The first kappa shape index (κ1) is 15.3. The van der Waals surface area contributed by atoms with Crippen LogP contribution in [-0.2, 0) is 16.6 Å². The molecule has 0 fully saturated rings. The Labute approximate surface area is 123 Å². The van der Waals surface area contributed by atoms with E-state index in [1.54, 1.807) is 16.9 Å². The highest BCUT2D eigenvalue weighted by Crippen LogP contribution is 2.25. The van der Waals surface area contributed by atoms with Crippen molar-refractivity contribution in [2.24, 2.45) is 0 Å². The molecule has 1 heterocycles. The molecule has 7 nitrogen and oxygen atoms in total. The van der Waals surface area contributed by atoms with Crippen molar-refractivity contribution in [3.05, 3.63) is 36.2 Å². The number of aryl methyl sites for hydroxylation is 1. The van der Waals surface area contributed by atoms with Crippen LogP contribution in [0.4, 0.5) is 5.69 Å². The number of benzene rings is 1. The third kappa shape index (κ3) is 3.73. The molecule has 0 unspecified atom stereocenters.